The van der Waals surface area contributed by atoms with Crippen LogP contribution in [0.1, 0.15) is 99.2 Å². The summed E-state index contributed by atoms with van der Waals surface area (Å²) in [6, 6.07) is 0.179. The Hall–Kier alpha value is -2.25. The molecule has 36 heavy (non-hydrogen) atoms. The van der Waals surface area contributed by atoms with Crippen molar-refractivity contribution in [2.75, 3.05) is 13.1 Å². The molecule has 0 unspecified atom stereocenters. The van der Waals surface area contributed by atoms with Crippen molar-refractivity contribution in [3.8, 4) is 0 Å². The van der Waals surface area contributed by atoms with Gasteiger partial charge in [0, 0.05) is 31.1 Å². The van der Waals surface area contributed by atoms with Gasteiger partial charge in [-0.25, -0.2) is 0 Å². The van der Waals surface area contributed by atoms with Gasteiger partial charge in [0.25, 0.3) is 5.91 Å². The van der Waals surface area contributed by atoms with Crippen molar-refractivity contribution in [1.82, 2.24) is 19.7 Å². The molecule has 0 bridgehead atoms. The van der Waals surface area contributed by atoms with Gasteiger partial charge in [-0.15, -0.1) is 0 Å². The third-order valence-electron chi connectivity index (χ3n) is 6.88. The summed E-state index contributed by atoms with van der Waals surface area (Å²) in [5.41, 5.74) is 1.23. The summed E-state index contributed by atoms with van der Waals surface area (Å²) in [6.07, 6.45) is 8.64. The molecule has 7 nitrogen and oxygen atoms in total. The number of ketones is 2. The van der Waals surface area contributed by atoms with E-state index in [-0.39, 0.29) is 56.5 Å². The van der Waals surface area contributed by atoms with Crippen LogP contribution in [0, 0.1) is 17.8 Å². The van der Waals surface area contributed by atoms with Gasteiger partial charge >= 0.3 is 0 Å². The first-order valence-corrected chi connectivity index (χ1v) is 13.1. The molecular formula is C27H36Cl2N4O3. The highest BCUT2D eigenvalue weighted by molar-refractivity contribution is 6.39. The van der Waals surface area contributed by atoms with E-state index in [4.69, 9.17) is 23.2 Å². The van der Waals surface area contributed by atoms with Gasteiger partial charge in [-0.3, -0.25) is 19.3 Å². The molecule has 0 aliphatic heterocycles. The van der Waals surface area contributed by atoms with Crippen LogP contribution in [-0.2, 0) is 4.79 Å². The molecule has 1 fully saturated rings. The minimum atomic E-state index is -0.341. The number of rotatable bonds is 8. The zero-order chi connectivity index (χ0) is 26.8. The Morgan fingerprint density at radius 1 is 1.11 bits per heavy atom. The smallest absolute Gasteiger partial charge is 0.257 e. The van der Waals surface area contributed by atoms with E-state index >= 15 is 0 Å². The Kier molecular flexibility index (Phi) is 8.67. The summed E-state index contributed by atoms with van der Waals surface area (Å²) in [7, 11) is 0. The van der Waals surface area contributed by atoms with Crippen molar-refractivity contribution in [2.24, 2.45) is 10.8 Å². The number of hydrogen-bond acceptors (Lipinski definition) is 5. The number of pyridine rings is 1. The van der Waals surface area contributed by atoms with Gasteiger partial charge in [-0.05, 0) is 50.4 Å². The van der Waals surface area contributed by atoms with Crippen LogP contribution in [-0.4, -0.2) is 50.2 Å². The molecule has 1 aliphatic rings. The first kappa shape index (κ1) is 28.3. The van der Waals surface area contributed by atoms with E-state index in [1.54, 1.807) is 18.0 Å². The maximum absolute atomic E-state index is 13.7. The summed E-state index contributed by atoms with van der Waals surface area (Å²) in [4.78, 5) is 44.0. The largest absolute Gasteiger partial charge is 0.330 e. The van der Waals surface area contributed by atoms with Crippen molar-refractivity contribution in [3.63, 3.8) is 0 Å². The third-order valence-corrected chi connectivity index (χ3v) is 7.45. The highest BCUT2D eigenvalue weighted by Gasteiger charge is 2.35. The molecule has 0 N–H and O–H groups in total. The number of carbonyl (C=O) groups excluding carboxylic acids is 3. The Labute approximate surface area is 223 Å². The molecular weight excluding hydrogens is 499 g/mol. The fraction of sp³-hybridized carbons (Fsp3) is 0.593. The molecule has 0 atom stereocenters. The van der Waals surface area contributed by atoms with Crippen molar-refractivity contribution in [2.45, 2.75) is 79.7 Å². The van der Waals surface area contributed by atoms with Gasteiger partial charge in [-0.2, -0.15) is 5.10 Å². The second-order valence-corrected chi connectivity index (χ2v) is 12.4. The number of nitrogens with zero attached hydrogens (tertiary/aromatic N) is 4. The molecule has 1 amide bonds. The number of hydrogen-bond donors (Lipinski definition) is 0. The maximum Gasteiger partial charge on any atom is 0.257 e. The van der Waals surface area contributed by atoms with Crippen molar-refractivity contribution in [1.29, 1.82) is 0 Å². The lowest BCUT2D eigenvalue weighted by molar-refractivity contribution is -0.119. The first-order chi connectivity index (χ1) is 16.7. The fourth-order valence-electron chi connectivity index (χ4n) is 5.20. The molecule has 2 aromatic heterocycles. The van der Waals surface area contributed by atoms with E-state index < -0.39 is 0 Å². The molecule has 3 rings (SSSR count). The van der Waals surface area contributed by atoms with Gasteiger partial charge in [0.2, 0.25) is 0 Å². The summed E-state index contributed by atoms with van der Waals surface area (Å²) in [5.74, 6) is -0.366. The molecule has 1 saturated carbocycles. The second-order valence-electron chi connectivity index (χ2n) is 11.6. The molecule has 1 aliphatic carbocycles. The van der Waals surface area contributed by atoms with Crippen LogP contribution in [0.25, 0.3) is 0 Å². The lowest BCUT2D eigenvalue weighted by atomic mass is 9.71. The summed E-state index contributed by atoms with van der Waals surface area (Å²) in [6.45, 7) is 12.0. The Morgan fingerprint density at radius 2 is 1.69 bits per heavy atom. The van der Waals surface area contributed by atoms with E-state index in [0.29, 0.717) is 18.5 Å². The van der Waals surface area contributed by atoms with E-state index in [1.807, 2.05) is 32.4 Å². The van der Waals surface area contributed by atoms with E-state index in [9.17, 15) is 14.4 Å². The first-order valence-electron chi connectivity index (χ1n) is 12.4. The number of aromatic nitrogens is 3. The summed E-state index contributed by atoms with van der Waals surface area (Å²) >= 11 is 12.4. The van der Waals surface area contributed by atoms with Crippen LogP contribution < -0.4 is 0 Å². The second kappa shape index (κ2) is 11.0. The Balaban J connectivity index is 1.82. The number of carbonyl (C=O) groups is 3. The van der Waals surface area contributed by atoms with E-state index in [2.05, 4.69) is 17.0 Å². The number of halogens is 2. The van der Waals surface area contributed by atoms with Crippen LogP contribution >= 0.6 is 23.2 Å². The van der Waals surface area contributed by atoms with Gasteiger partial charge < -0.3 is 9.69 Å². The predicted molar refractivity (Wildman–Crippen MR) is 142 cm³/mol. The Bertz CT molecular complexity index is 1120. The van der Waals surface area contributed by atoms with Crippen molar-refractivity contribution >= 4 is 40.7 Å². The highest BCUT2D eigenvalue weighted by atomic mass is 35.5. The van der Waals surface area contributed by atoms with Gasteiger partial charge in [0.15, 0.2) is 5.78 Å². The van der Waals surface area contributed by atoms with Crippen molar-refractivity contribution < 1.29 is 14.4 Å². The van der Waals surface area contributed by atoms with Gasteiger partial charge in [0.05, 0.1) is 40.0 Å². The normalized spacial score (nSPS) is 20.3. The molecule has 9 heteroatoms. The average molecular weight is 536 g/mol. The molecule has 0 saturated heterocycles. The standard InChI is InChI=1S/C27H36Cl2N4O3/c1-17(34)11-27(6)9-7-19(8-10-27)33-18(2)20(12-31-33)25(36)32(16-26(3,4)5)15-23(35)24-21(28)13-30-14-22(24)29/h12-14,19H,7-11,15-16H2,1-6H3/t19-,27-. The molecule has 0 spiro atoms. The number of amides is 1. The maximum atomic E-state index is 13.7. The average Bonchev–Trinajstić information content (AvgIpc) is 3.12. The van der Waals surface area contributed by atoms with E-state index in [0.717, 1.165) is 31.4 Å². The predicted octanol–water partition coefficient (Wildman–Crippen LogP) is 6.37. The quantitative estimate of drug-likeness (QED) is 0.367. The van der Waals surface area contributed by atoms with Crippen LogP contribution in [0.3, 0.4) is 0 Å². The molecule has 2 aromatic rings. The molecule has 0 aromatic carbocycles. The molecule has 0 radical (unpaired) electrons. The van der Waals surface area contributed by atoms with E-state index in [1.165, 1.54) is 12.4 Å². The number of Topliss-reactive ketones (excluding diaryl/α,β-unsaturated/α-hetero) is 2. The lowest BCUT2D eigenvalue weighted by Crippen LogP contribution is -2.41. The van der Waals surface area contributed by atoms with Crippen molar-refractivity contribution in [3.05, 3.63) is 45.5 Å². The summed E-state index contributed by atoms with van der Waals surface area (Å²) in [5, 5.41) is 4.90. The fourth-order valence-corrected chi connectivity index (χ4v) is 5.77. The third kappa shape index (κ3) is 6.74. The monoisotopic (exact) mass is 534 g/mol. The zero-order valence-corrected chi connectivity index (χ0v) is 23.5. The lowest BCUT2D eigenvalue weighted by Gasteiger charge is -2.37. The SMILES string of the molecule is CC(=O)C[C@]1(C)CC[C@@H](n2ncc(C(=O)N(CC(=O)c3c(Cl)cncc3Cl)CC(C)(C)C)c2C)CC1. The van der Waals surface area contributed by atoms with Crippen LogP contribution in [0.5, 0.6) is 0 Å². The van der Waals surface area contributed by atoms with Crippen LogP contribution in [0.15, 0.2) is 18.6 Å². The minimum absolute atomic E-state index is 0.0292. The van der Waals surface area contributed by atoms with Gasteiger partial charge in [-0.1, -0.05) is 50.9 Å². The van der Waals surface area contributed by atoms with Gasteiger partial charge in [0.1, 0.15) is 5.78 Å². The topological polar surface area (TPSA) is 85.2 Å². The zero-order valence-electron chi connectivity index (χ0n) is 22.0. The van der Waals surface area contributed by atoms with Crippen LogP contribution in [0.4, 0.5) is 0 Å². The minimum Gasteiger partial charge on any atom is -0.330 e. The molecule has 2 heterocycles. The Morgan fingerprint density at radius 3 is 2.22 bits per heavy atom. The van der Waals surface area contributed by atoms with Crippen LogP contribution in [0.2, 0.25) is 10.0 Å². The highest BCUT2D eigenvalue weighted by Crippen LogP contribution is 2.43. The summed E-state index contributed by atoms with van der Waals surface area (Å²) < 4.78 is 1.94. The molecule has 196 valence electrons.